The van der Waals surface area contributed by atoms with Gasteiger partial charge in [-0.15, -0.1) is 0 Å². The maximum atomic E-state index is 10.9. The Kier molecular flexibility index (Phi) is 5.74. The van der Waals surface area contributed by atoms with Gasteiger partial charge in [0, 0.05) is 26.1 Å². The number of nitrogens with zero attached hydrogens (tertiary/aromatic N) is 1. The van der Waals surface area contributed by atoms with E-state index in [4.69, 9.17) is 4.74 Å². The number of benzene rings is 2. The van der Waals surface area contributed by atoms with Crippen LogP contribution in [-0.4, -0.2) is 40.9 Å². The molecule has 2 aromatic rings. The fraction of sp³-hybridized carbons (Fsp3) is 0.429. The first kappa shape index (κ1) is 17.9. The maximum absolute atomic E-state index is 10.9. The first-order valence-electron chi connectivity index (χ1n) is 8.89. The number of aliphatic hydroxyl groups excluding tert-OH is 1. The number of aliphatic hydroxyl groups is 2. The van der Waals surface area contributed by atoms with Crippen LogP contribution in [0.1, 0.15) is 36.5 Å². The Labute approximate surface area is 149 Å². The molecule has 0 amide bonds. The zero-order valence-corrected chi connectivity index (χ0v) is 14.8. The molecule has 3 rings (SSSR count). The van der Waals surface area contributed by atoms with E-state index in [0.717, 1.165) is 30.9 Å². The van der Waals surface area contributed by atoms with Gasteiger partial charge in [-0.25, -0.2) is 0 Å². The lowest BCUT2D eigenvalue weighted by Gasteiger charge is -2.39. The number of hydrogen-bond acceptors (Lipinski definition) is 4. The van der Waals surface area contributed by atoms with Crippen LogP contribution in [-0.2, 0) is 6.54 Å². The molecule has 25 heavy (non-hydrogen) atoms. The summed E-state index contributed by atoms with van der Waals surface area (Å²) in [6.45, 7) is 2.55. The molecule has 1 heterocycles. The van der Waals surface area contributed by atoms with Crippen molar-refractivity contribution in [3.63, 3.8) is 0 Å². The lowest BCUT2D eigenvalue weighted by atomic mass is 9.84. The highest BCUT2D eigenvalue weighted by Gasteiger charge is 2.34. The molecule has 0 saturated carbocycles. The minimum absolute atomic E-state index is 0.396. The predicted octanol–water partition coefficient (Wildman–Crippen LogP) is 3.15. The standard InChI is InChI=1S/C21H27NO3/c1-25-19-9-7-17(8-10-19)16-22-13-11-21(24,12-14-22)15-20(23)18-5-3-2-4-6-18/h2-10,20,23-24H,11-16H2,1H3. The Hall–Kier alpha value is -1.88. The minimum Gasteiger partial charge on any atom is -0.497 e. The quantitative estimate of drug-likeness (QED) is 0.847. The van der Waals surface area contributed by atoms with Crippen molar-refractivity contribution in [2.75, 3.05) is 20.2 Å². The summed E-state index contributed by atoms with van der Waals surface area (Å²) in [4.78, 5) is 2.35. The molecule has 0 spiro atoms. The van der Waals surface area contributed by atoms with E-state index in [1.54, 1.807) is 7.11 Å². The minimum atomic E-state index is -0.786. The summed E-state index contributed by atoms with van der Waals surface area (Å²) in [5.41, 5.74) is 1.33. The summed E-state index contributed by atoms with van der Waals surface area (Å²) in [6.07, 6.45) is 1.16. The number of methoxy groups -OCH3 is 1. The second kappa shape index (κ2) is 8.00. The molecule has 1 unspecified atom stereocenters. The SMILES string of the molecule is COc1ccc(CN2CCC(O)(CC(O)c3ccccc3)CC2)cc1. The van der Waals surface area contributed by atoms with Crippen LogP contribution in [0.25, 0.3) is 0 Å². The van der Waals surface area contributed by atoms with Gasteiger partial charge in [-0.3, -0.25) is 4.90 Å². The Morgan fingerprint density at radius 2 is 1.68 bits per heavy atom. The summed E-state index contributed by atoms with van der Waals surface area (Å²) in [5.74, 6) is 0.867. The lowest BCUT2D eigenvalue weighted by Crippen LogP contribution is -2.44. The van der Waals surface area contributed by atoms with Crippen LogP contribution in [0.4, 0.5) is 0 Å². The summed E-state index contributed by atoms with van der Waals surface area (Å²) < 4.78 is 5.19. The van der Waals surface area contributed by atoms with Gasteiger partial charge in [-0.05, 0) is 36.1 Å². The largest absolute Gasteiger partial charge is 0.497 e. The van der Waals surface area contributed by atoms with Crippen LogP contribution in [0.3, 0.4) is 0 Å². The summed E-state index contributed by atoms with van der Waals surface area (Å²) in [6, 6.07) is 17.7. The molecule has 4 nitrogen and oxygen atoms in total. The third-order valence-electron chi connectivity index (χ3n) is 5.11. The molecule has 2 N–H and O–H groups in total. The van der Waals surface area contributed by atoms with Crippen molar-refractivity contribution in [2.45, 2.75) is 37.5 Å². The van der Waals surface area contributed by atoms with Crippen molar-refractivity contribution in [3.8, 4) is 5.75 Å². The van der Waals surface area contributed by atoms with Gasteiger partial charge in [0.15, 0.2) is 0 Å². The number of hydrogen-bond donors (Lipinski definition) is 2. The van der Waals surface area contributed by atoms with Crippen molar-refractivity contribution in [1.29, 1.82) is 0 Å². The topological polar surface area (TPSA) is 52.9 Å². The number of ether oxygens (including phenoxy) is 1. The molecule has 0 bridgehead atoms. The first-order valence-corrected chi connectivity index (χ1v) is 8.89. The molecule has 0 aliphatic carbocycles. The van der Waals surface area contributed by atoms with Crippen molar-refractivity contribution in [2.24, 2.45) is 0 Å². The van der Waals surface area contributed by atoms with Crippen molar-refractivity contribution < 1.29 is 14.9 Å². The molecular formula is C21H27NO3. The number of rotatable bonds is 6. The highest BCUT2D eigenvalue weighted by atomic mass is 16.5. The Bertz CT molecular complexity index is 649. The summed E-state index contributed by atoms with van der Waals surface area (Å²) in [7, 11) is 1.67. The molecule has 1 aliphatic rings. The highest BCUT2D eigenvalue weighted by molar-refractivity contribution is 5.27. The van der Waals surface area contributed by atoms with Gasteiger partial charge >= 0.3 is 0 Å². The molecule has 1 atom stereocenters. The van der Waals surface area contributed by atoms with Gasteiger partial charge in [0.05, 0.1) is 18.8 Å². The maximum Gasteiger partial charge on any atom is 0.118 e. The van der Waals surface area contributed by atoms with Gasteiger partial charge in [-0.1, -0.05) is 42.5 Å². The first-order chi connectivity index (χ1) is 12.1. The van der Waals surface area contributed by atoms with Gasteiger partial charge in [0.25, 0.3) is 0 Å². The third-order valence-corrected chi connectivity index (χ3v) is 5.11. The van der Waals surface area contributed by atoms with E-state index in [9.17, 15) is 10.2 Å². The number of piperidine rings is 1. The van der Waals surface area contributed by atoms with E-state index >= 15 is 0 Å². The molecule has 134 valence electrons. The zero-order valence-electron chi connectivity index (χ0n) is 14.8. The van der Waals surface area contributed by atoms with Crippen LogP contribution in [0.5, 0.6) is 5.75 Å². The molecule has 0 aromatic heterocycles. The molecule has 1 fully saturated rings. The van der Waals surface area contributed by atoms with Crippen LogP contribution in [0.2, 0.25) is 0 Å². The fourth-order valence-corrected chi connectivity index (χ4v) is 3.47. The van der Waals surface area contributed by atoms with Crippen LogP contribution >= 0.6 is 0 Å². The van der Waals surface area contributed by atoms with Gasteiger partial charge in [-0.2, -0.15) is 0 Å². The molecule has 1 aliphatic heterocycles. The van der Waals surface area contributed by atoms with E-state index in [0.29, 0.717) is 19.3 Å². The Morgan fingerprint density at radius 1 is 1.04 bits per heavy atom. The van der Waals surface area contributed by atoms with E-state index in [-0.39, 0.29) is 0 Å². The second-order valence-corrected chi connectivity index (χ2v) is 6.98. The molecule has 1 saturated heterocycles. The third kappa shape index (κ3) is 4.82. The van der Waals surface area contributed by atoms with Crippen molar-refractivity contribution >= 4 is 0 Å². The smallest absolute Gasteiger partial charge is 0.118 e. The van der Waals surface area contributed by atoms with Crippen LogP contribution in [0.15, 0.2) is 54.6 Å². The Balaban J connectivity index is 1.51. The zero-order chi connectivity index (χ0) is 17.7. The average molecular weight is 341 g/mol. The van der Waals surface area contributed by atoms with E-state index in [1.807, 2.05) is 42.5 Å². The second-order valence-electron chi connectivity index (χ2n) is 6.98. The normalized spacial score (nSPS) is 18.7. The Morgan fingerprint density at radius 3 is 2.28 bits per heavy atom. The van der Waals surface area contributed by atoms with E-state index in [1.165, 1.54) is 5.56 Å². The fourth-order valence-electron chi connectivity index (χ4n) is 3.47. The monoisotopic (exact) mass is 341 g/mol. The molecular weight excluding hydrogens is 314 g/mol. The lowest BCUT2D eigenvalue weighted by molar-refractivity contribution is -0.0567. The average Bonchev–Trinajstić information content (AvgIpc) is 2.65. The van der Waals surface area contributed by atoms with E-state index < -0.39 is 11.7 Å². The van der Waals surface area contributed by atoms with Crippen LogP contribution in [0, 0.1) is 0 Å². The van der Waals surface area contributed by atoms with Crippen molar-refractivity contribution in [3.05, 3.63) is 65.7 Å². The predicted molar refractivity (Wildman–Crippen MR) is 98.5 cm³/mol. The van der Waals surface area contributed by atoms with Gasteiger partial charge in [0.2, 0.25) is 0 Å². The molecule has 0 radical (unpaired) electrons. The van der Waals surface area contributed by atoms with Crippen molar-refractivity contribution in [1.82, 2.24) is 4.90 Å². The highest BCUT2D eigenvalue weighted by Crippen LogP contribution is 2.32. The number of likely N-dealkylation sites (tertiary alicyclic amines) is 1. The summed E-state index contributed by atoms with van der Waals surface area (Å²) >= 11 is 0. The van der Waals surface area contributed by atoms with Crippen LogP contribution < -0.4 is 4.74 Å². The van der Waals surface area contributed by atoms with E-state index in [2.05, 4.69) is 17.0 Å². The van der Waals surface area contributed by atoms with Gasteiger partial charge < -0.3 is 14.9 Å². The summed E-state index contributed by atoms with van der Waals surface area (Å²) in [5, 5.41) is 21.3. The van der Waals surface area contributed by atoms with Gasteiger partial charge in [0.1, 0.15) is 5.75 Å². The molecule has 4 heteroatoms. The molecule has 2 aromatic carbocycles.